The molecule has 1 amide bonds. The smallest absolute Gasteiger partial charge is 0.264 e. The van der Waals surface area contributed by atoms with E-state index in [2.05, 4.69) is 42.4 Å². The van der Waals surface area contributed by atoms with E-state index in [0.717, 1.165) is 15.4 Å². The number of rotatable bonds is 12. The van der Waals surface area contributed by atoms with E-state index in [4.69, 9.17) is 14.2 Å². The predicted molar refractivity (Wildman–Crippen MR) is 174 cm³/mol. The number of aryl methyl sites for hydroxylation is 1. The Labute approximate surface area is 267 Å². The van der Waals surface area contributed by atoms with Gasteiger partial charge in [0.25, 0.3) is 15.9 Å². The van der Waals surface area contributed by atoms with Crippen LogP contribution in [-0.2, 0) is 21.4 Å². The standard InChI is InChI=1S/C31H29Br2N3O6S/c1-21-9-11-24(12-10-21)36(43(38,39)25-13-14-28(40-2)26(32)17-25)19-30(37)35-34-18-23-15-27(33)31(29(16-23)41-3)42-20-22-7-5-4-6-8-22/h4-18H,19-20H2,1-3H3,(H,35,37)/b34-18-. The number of carbonyl (C=O) groups excluding carboxylic acids is 1. The summed E-state index contributed by atoms with van der Waals surface area (Å²) in [6.45, 7) is 1.73. The van der Waals surface area contributed by atoms with E-state index in [1.165, 1.54) is 32.6 Å². The van der Waals surface area contributed by atoms with Crippen molar-refractivity contribution in [3.05, 3.63) is 111 Å². The zero-order chi connectivity index (χ0) is 31.0. The average molecular weight is 731 g/mol. The Kier molecular flexibility index (Phi) is 10.8. The van der Waals surface area contributed by atoms with Gasteiger partial charge in [0.15, 0.2) is 11.5 Å². The topological polar surface area (TPSA) is 107 Å². The fraction of sp³-hybridized carbons (Fsp3) is 0.161. The second-order valence-electron chi connectivity index (χ2n) is 9.25. The van der Waals surface area contributed by atoms with Crippen LogP contribution in [0.2, 0.25) is 0 Å². The highest BCUT2D eigenvalue weighted by molar-refractivity contribution is 9.11. The maximum Gasteiger partial charge on any atom is 0.264 e. The summed E-state index contributed by atoms with van der Waals surface area (Å²) in [5, 5.41) is 4.05. The molecule has 9 nitrogen and oxygen atoms in total. The number of nitrogens with one attached hydrogen (secondary N) is 1. The molecule has 0 atom stereocenters. The first-order chi connectivity index (χ1) is 20.6. The van der Waals surface area contributed by atoms with Gasteiger partial charge >= 0.3 is 0 Å². The summed E-state index contributed by atoms with van der Waals surface area (Å²) in [5.74, 6) is 0.839. The molecular formula is C31H29Br2N3O6S. The maximum absolute atomic E-state index is 13.7. The van der Waals surface area contributed by atoms with Crippen LogP contribution in [0, 0.1) is 6.92 Å². The summed E-state index contributed by atoms with van der Waals surface area (Å²) in [7, 11) is -1.12. The number of benzene rings is 4. The van der Waals surface area contributed by atoms with Gasteiger partial charge in [-0.3, -0.25) is 9.10 Å². The van der Waals surface area contributed by atoms with Crippen LogP contribution < -0.4 is 23.9 Å². The van der Waals surface area contributed by atoms with Gasteiger partial charge in [0, 0.05) is 0 Å². The molecule has 1 N–H and O–H groups in total. The molecule has 0 unspecified atom stereocenters. The second kappa shape index (κ2) is 14.5. The number of ether oxygens (including phenoxy) is 3. The van der Waals surface area contributed by atoms with Crippen LogP contribution in [0.5, 0.6) is 17.2 Å². The highest BCUT2D eigenvalue weighted by atomic mass is 79.9. The molecule has 12 heteroatoms. The molecule has 0 radical (unpaired) electrons. The number of sulfonamides is 1. The number of amides is 1. The molecule has 0 aliphatic heterocycles. The molecule has 4 rings (SSSR count). The Hall–Kier alpha value is -3.87. The molecule has 0 spiro atoms. The summed E-state index contributed by atoms with van der Waals surface area (Å²) in [5.41, 5.74) is 5.32. The first-order valence-electron chi connectivity index (χ1n) is 12.9. The van der Waals surface area contributed by atoms with Crippen LogP contribution in [0.3, 0.4) is 0 Å². The van der Waals surface area contributed by atoms with Crippen molar-refractivity contribution in [1.29, 1.82) is 0 Å². The van der Waals surface area contributed by atoms with Crippen LogP contribution in [0.4, 0.5) is 5.69 Å². The lowest BCUT2D eigenvalue weighted by atomic mass is 10.2. The third kappa shape index (κ3) is 8.15. The second-order valence-corrected chi connectivity index (χ2v) is 12.8. The summed E-state index contributed by atoms with van der Waals surface area (Å²) in [6, 6.07) is 24.5. The molecule has 0 heterocycles. The zero-order valence-electron chi connectivity index (χ0n) is 23.6. The van der Waals surface area contributed by atoms with E-state index in [1.807, 2.05) is 37.3 Å². The minimum Gasteiger partial charge on any atom is -0.496 e. The van der Waals surface area contributed by atoms with Crippen molar-refractivity contribution >= 4 is 59.7 Å². The minimum atomic E-state index is -4.13. The molecule has 0 saturated carbocycles. The molecular weight excluding hydrogens is 702 g/mol. The fourth-order valence-corrected chi connectivity index (χ4v) is 6.70. The van der Waals surface area contributed by atoms with E-state index >= 15 is 0 Å². The number of anilines is 1. The number of hydrazone groups is 1. The van der Waals surface area contributed by atoms with Gasteiger partial charge in [0.05, 0.1) is 40.0 Å². The third-order valence-electron chi connectivity index (χ3n) is 6.20. The average Bonchev–Trinajstić information content (AvgIpc) is 3.00. The van der Waals surface area contributed by atoms with E-state index in [0.29, 0.717) is 44.1 Å². The van der Waals surface area contributed by atoms with E-state index in [9.17, 15) is 13.2 Å². The van der Waals surface area contributed by atoms with Crippen LogP contribution in [0.25, 0.3) is 0 Å². The number of hydrogen-bond acceptors (Lipinski definition) is 7. The lowest BCUT2D eigenvalue weighted by molar-refractivity contribution is -0.119. The van der Waals surface area contributed by atoms with Gasteiger partial charge in [-0.25, -0.2) is 13.8 Å². The molecule has 4 aromatic rings. The number of carbonyl (C=O) groups is 1. The van der Waals surface area contributed by atoms with Crippen molar-refractivity contribution in [2.24, 2.45) is 5.10 Å². The summed E-state index contributed by atoms with van der Waals surface area (Å²) >= 11 is 6.85. The first-order valence-corrected chi connectivity index (χ1v) is 15.9. The van der Waals surface area contributed by atoms with Crippen molar-refractivity contribution < 1.29 is 27.4 Å². The molecule has 43 heavy (non-hydrogen) atoms. The van der Waals surface area contributed by atoms with Crippen LogP contribution >= 0.6 is 31.9 Å². The minimum absolute atomic E-state index is 0.0106. The Morgan fingerprint density at radius 2 is 1.60 bits per heavy atom. The Morgan fingerprint density at radius 3 is 2.26 bits per heavy atom. The monoisotopic (exact) mass is 729 g/mol. The maximum atomic E-state index is 13.7. The van der Waals surface area contributed by atoms with Crippen molar-refractivity contribution in [3.63, 3.8) is 0 Å². The Morgan fingerprint density at radius 1 is 0.907 bits per heavy atom. The quantitative estimate of drug-likeness (QED) is 0.133. The zero-order valence-corrected chi connectivity index (χ0v) is 27.6. The van der Waals surface area contributed by atoms with Crippen LogP contribution in [0.15, 0.2) is 104 Å². The molecule has 0 aliphatic carbocycles. The molecule has 0 saturated heterocycles. The SMILES string of the molecule is COc1ccc(S(=O)(=O)N(CC(=O)N/N=C\c2cc(Br)c(OCc3ccccc3)c(OC)c2)c2ccc(C)cc2)cc1Br. The van der Waals surface area contributed by atoms with Gasteiger partial charge in [0.1, 0.15) is 18.9 Å². The van der Waals surface area contributed by atoms with Gasteiger partial charge in [-0.05, 0) is 92.4 Å². The molecule has 4 aromatic carbocycles. The number of halogens is 2. The van der Waals surface area contributed by atoms with Gasteiger partial charge in [0.2, 0.25) is 0 Å². The molecule has 0 aromatic heterocycles. The van der Waals surface area contributed by atoms with Crippen molar-refractivity contribution in [3.8, 4) is 17.2 Å². The Balaban J connectivity index is 1.51. The largest absolute Gasteiger partial charge is 0.496 e. The first kappa shape index (κ1) is 32.1. The molecule has 0 aliphatic rings. The van der Waals surface area contributed by atoms with Crippen molar-refractivity contribution in [1.82, 2.24) is 5.43 Å². The third-order valence-corrected chi connectivity index (χ3v) is 9.18. The number of nitrogens with zero attached hydrogens (tertiary/aromatic N) is 2. The molecule has 224 valence electrons. The van der Waals surface area contributed by atoms with E-state index < -0.39 is 22.5 Å². The summed E-state index contributed by atoms with van der Waals surface area (Å²) < 4.78 is 46.2. The van der Waals surface area contributed by atoms with E-state index in [1.54, 1.807) is 42.5 Å². The highest BCUT2D eigenvalue weighted by Crippen LogP contribution is 2.37. The van der Waals surface area contributed by atoms with Gasteiger partial charge < -0.3 is 14.2 Å². The van der Waals surface area contributed by atoms with Gasteiger partial charge in [-0.2, -0.15) is 5.10 Å². The van der Waals surface area contributed by atoms with Crippen LogP contribution in [-0.4, -0.2) is 41.3 Å². The lowest BCUT2D eigenvalue weighted by Gasteiger charge is -2.24. The fourth-order valence-electron chi connectivity index (χ4n) is 3.99. The molecule has 0 bridgehead atoms. The van der Waals surface area contributed by atoms with Crippen molar-refractivity contribution in [2.75, 3.05) is 25.1 Å². The Bertz CT molecular complexity index is 1720. The number of methoxy groups -OCH3 is 2. The predicted octanol–water partition coefficient (Wildman–Crippen LogP) is 6.46. The van der Waals surface area contributed by atoms with Crippen molar-refractivity contribution in [2.45, 2.75) is 18.4 Å². The summed E-state index contributed by atoms with van der Waals surface area (Å²) in [6.07, 6.45) is 1.43. The highest BCUT2D eigenvalue weighted by Gasteiger charge is 2.28. The van der Waals surface area contributed by atoms with Gasteiger partial charge in [-0.1, -0.05) is 48.0 Å². The molecule has 0 fully saturated rings. The normalized spacial score (nSPS) is 11.3. The van der Waals surface area contributed by atoms with E-state index in [-0.39, 0.29) is 4.90 Å². The summed E-state index contributed by atoms with van der Waals surface area (Å²) in [4.78, 5) is 13.0. The van der Waals surface area contributed by atoms with Crippen LogP contribution in [0.1, 0.15) is 16.7 Å². The lowest BCUT2D eigenvalue weighted by Crippen LogP contribution is -2.39. The van der Waals surface area contributed by atoms with Gasteiger partial charge in [-0.15, -0.1) is 0 Å². The number of hydrogen-bond donors (Lipinski definition) is 1.